The molecule has 2 rings (SSSR count). The Balaban J connectivity index is 1.83. The van der Waals surface area contributed by atoms with Gasteiger partial charge in [-0.15, -0.1) is 0 Å². The lowest BCUT2D eigenvalue weighted by Gasteiger charge is -2.05. The van der Waals surface area contributed by atoms with Gasteiger partial charge in [0.2, 0.25) is 0 Å². The number of rotatable bonds is 5. The van der Waals surface area contributed by atoms with Crippen LogP contribution in [0, 0.1) is 6.92 Å². The van der Waals surface area contributed by atoms with Gasteiger partial charge < -0.3 is 10.1 Å². The molecule has 7 heteroatoms. The van der Waals surface area contributed by atoms with Gasteiger partial charge in [-0.3, -0.25) is 9.59 Å². The maximum absolute atomic E-state index is 11.7. The summed E-state index contributed by atoms with van der Waals surface area (Å²) in [5.41, 5.74) is 4.99. The molecule has 0 fully saturated rings. The Bertz CT molecular complexity index is 789. The van der Waals surface area contributed by atoms with Crippen LogP contribution in [-0.4, -0.2) is 25.1 Å². The molecule has 6 nitrogen and oxygen atoms in total. The van der Waals surface area contributed by atoms with E-state index in [0.29, 0.717) is 5.75 Å². The summed E-state index contributed by atoms with van der Waals surface area (Å²) < 4.78 is 5.89. The number of ether oxygens (including phenoxy) is 1. The van der Waals surface area contributed by atoms with E-state index in [9.17, 15) is 9.59 Å². The van der Waals surface area contributed by atoms with Crippen molar-refractivity contribution in [2.75, 3.05) is 7.11 Å². The Labute approximate surface area is 154 Å². The summed E-state index contributed by atoms with van der Waals surface area (Å²) in [7, 11) is 1.57. The molecule has 2 aromatic carbocycles. The molecule has 0 aliphatic heterocycles. The molecule has 0 saturated carbocycles. The molecule has 0 heterocycles. The number of carbonyl (C=O) groups is 2. The van der Waals surface area contributed by atoms with Gasteiger partial charge in [0.05, 0.1) is 17.8 Å². The van der Waals surface area contributed by atoms with E-state index in [1.807, 2.05) is 31.2 Å². The molecule has 0 atom stereocenters. The minimum atomic E-state index is -0.823. The zero-order valence-corrected chi connectivity index (χ0v) is 15.5. The third-order valence-electron chi connectivity index (χ3n) is 3.34. The van der Waals surface area contributed by atoms with Crippen LogP contribution >= 0.6 is 15.9 Å². The molecule has 0 unspecified atom stereocenters. The van der Waals surface area contributed by atoms with Crippen molar-refractivity contribution in [3.63, 3.8) is 0 Å². The number of nitrogens with zero attached hydrogens (tertiary/aromatic N) is 1. The van der Waals surface area contributed by atoms with E-state index >= 15 is 0 Å². The number of carbonyl (C=O) groups excluding carboxylic acids is 2. The second kappa shape index (κ2) is 8.98. The zero-order valence-electron chi connectivity index (χ0n) is 13.9. The minimum absolute atomic E-state index is 0.279. The average Bonchev–Trinajstić information content (AvgIpc) is 2.61. The summed E-state index contributed by atoms with van der Waals surface area (Å²) in [5.74, 6) is -0.874. The number of hydrazone groups is 1. The molecule has 2 aromatic rings. The molecule has 0 aliphatic carbocycles. The number of amides is 2. The first-order valence-corrected chi connectivity index (χ1v) is 8.29. The fourth-order valence-electron chi connectivity index (χ4n) is 1.95. The number of aryl methyl sites for hydroxylation is 1. The van der Waals surface area contributed by atoms with Gasteiger partial charge in [-0.1, -0.05) is 29.8 Å². The summed E-state index contributed by atoms with van der Waals surface area (Å²) >= 11 is 3.36. The lowest BCUT2D eigenvalue weighted by Crippen LogP contribution is -2.37. The Kier molecular flexibility index (Phi) is 6.71. The van der Waals surface area contributed by atoms with Crippen LogP contribution in [0.25, 0.3) is 0 Å². The van der Waals surface area contributed by atoms with Crippen molar-refractivity contribution >= 4 is 34.0 Å². The Hall–Kier alpha value is -2.67. The first-order valence-electron chi connectivity index (χ1n) is 7.50. The molecule has 0 aliphatic rings. The fraction of sp³-hybridized carbons (Fsp3) is 0.167. The highest BCUT2D eigenvalue weighted by Gasteiger charge is 2.11. The second-order valence-corrected chi connectivity index (χ2v) is 6.12. The maximum atomic E-state index is 11.7. The minimum Gasteiger partial charge on any atom is -0.496 e. The molecule has 2 N–H and O–H groups in total. The summed E-state index contributed by atoms with van der Waals surface area (Å²) in [4.78, 5) is 23.5. The predicted octanol–water partition coefficient (Wildman–Crippen LogP) is 2.53. The van der Waals surface area contributed by atoms with E-state index in [2.05, 4.69) is 31.8 Å². The molecule has 0 aromatic heterocycles. The highest BCUT2D eigenvalue weighted by atomic mass is 79.9. The monoisotopic (exact) mass is 403 g/mol. The maximum Gasteiger partial charge on any atom is 0.329 e. The summed E-state index contributed by atoms with van der Waals surface area (Å²) in [6.07, 6.45) is 1.44. The largest absolute Gasteiger partial charge is 0.496 e. The van der Waals surface area contributed by atoms with Crippen LogP contribution in [0.4, 0.5) is 0 Å². The molecule has 25 heavy (non-hydrogen) atoms. The van der Waals surface area contributed by atoms with Crippen LogP contribution < -0.4 is 15.5 Å². The highest BCUT2D eigenvalue weighted by Crippen LogP contribution is 2.24. The summed E-state index contributed by atoms with van der Waals surface area (Å²) in [6.45, 7) is 2.26. The van der Waals surface area contributed by atoms with Crippen molar-refractivity contribution < 1.29 is 14.3 Å². The number of methoxy groups -OCH3 is 1. The van der Waals surface area contributed by atoms with Gasteiger partial charge in [-0.25, -0.2) is 5.43 Å². The SMILES string of the molecule is COc1ccc(/C=N\NC(=O)C(=O)NCc2ccc(C)cc2)cc1Br. The number of hydrogen-bond acceptors (Lipinski definition) is 4. The highest BCUT2D eigenvalue weighted by molar-refractivity contribution is 9.10. The van der Waals surface area contributed by atoms with Crippen LogP contribution in [0.3, 0.4) is 0 Å². The van der Waals surface area contributed by atoms with Gasteiger partial charge >= 0.3 is 11.8 Å². The van der Waals surface area contributed by atoms with Crippen LogP contribution in [0.15, 0.2) is 52.0 Å². The van der Waals surface area contributed by atoms with Crippen LogP contribution in [-0.2, 0) is 16.1 Å². The molecule has 2 amide bonds. The van der Waals surface area contributed by atoms with Crippen molar-refractivity contribution in [1.29, 1.82) is 0 Å². The lowest BCUT2D eigenvalue weighted by molar-refractivity contribution is -0.139. The van der Waals surface area contributed by atoms with Gasteiger partial charge in [-0.2, -0.15) is 5.10 Å². The second-order valence-electron chi connectivity index (χ2n) is 5.26. The first-order chi connectivity index (χ1) is 12.0. The van der Waals surface area contributed by atoms with Crippen LogP contribution in [0.2, 0.25) is 0 Å². The van der Waals surface area contributed by atoms with Crippen molar-refractivity contribution in [3.8, 4) is 5.75 Å². The molecule has 0 radical (unpaired) electrons. The summed E-state index contributed by atoms with van der Waals surface area (Å²) in [5, 5.41) is 6.32. The lowest BCUT2D eigenvalue weighted by atomic mass is 10.1. The van der Waals surface area contributed by atoms with Crippen LogP contribution in [0.1, 0.15) is 16.7 Å². The van der Waals surface area contributed by atoms with Crippen molar-refractivity contribution in [1.82, 2.24) is 10.7 Å². The van der Waals surface area contributed by atoms with Gasteiger partial charge in [0.1, 0.15) is 5.75 Å². The summed E-state index contributed by atoms with van der Waals surface area (Å²) in [6, 6.07) is 13.0. The normalized spacial score (nSPS) is 10.5. The van der Waals surface area contributed by atoms with Crippen molar-refractivity contribution in [2.45, 2.75) is 13.5 Å². The molecular weight excluding hydrogens is 386 g/mol. The van der Waals surface area contributed by atoms with E-state index in [1.54, 1.807) is 25.3 Å². The van der Waals surface area contributed by atoms with Gasteiger partial charge in [0, 0.05) is 6.54 Å². The average molecular weight is 404 g/mol. The first kappa shape index (κ1) is 18.7. The fourth-order valence-corrected chi connectivity index (χ4v) is 2.51. The topological polar surface area (TPSA) is 79.8 Å². The van der Waals surface area contributed by atoms with Gasteiger partial charge in [0.15, 0.2) is 0 Å². The Morgan fingerprint density at radius 1 is 1.16 bits per heavy atom. The van der Waals surface area contributed by atoms with Gasteiger partial charge in [-0.05, 0) is 52.2 Å². The molecular formula is C18H18BrN3O3. The Morgan fingerprint density at radius 3 is 2.52 bits per heavy atom. The standard InChI is InChI=1S/C18H18BrN3O3/c1-12-3-5-13(6-4-12)10-20-17(23)18(24)22-21-11-14-7-8-16(25-2)15(19)9-14/h3-9,11H,10H2,1-2H3,(H,20,23)(H,22,24)/b21-11-. The van der Waals surface area contributed by atoms with E-state index < -0.39 is 11.8 Å². The number of hydrogen-bond donors (Lipinski definition) is 2. The van der Waals surface area contributed by atoms with Crippen LogP contribution in [0.5, 0.6) is 5.75 Å². The predicted molar refractivity (Wildman–Crippen MR) is 99.5 cm³/mol. The zero-order chi connectivity index (χ0) is 18.2. The number of benzene rings is 2. The van der Waals surface area contributed by atoms with Crippen molar-refractivity contribution in [3.05, 3.63) is 63.6 Å². The van der Waals surface area contributed by atoms with E-state index in [-0.39, 0.29) is 6.54 Å². The van der Waals surface area contributed by atoms with E-state index in [1.165, 1.54) is 6.21 Å². The third kappa shape index (κ3) is 5.72. The quantitative estimate of drug-likeness (QED) is 0.457. The Morgan fingerprint density at radius 2 is 1.88 bits per heavy atom. The number of nitrogens with one attached hydrogen (secondary N) is 2. The number of halogens is 1. The van der Waals surface area contributed by atoms with Crippen molar-refractivity contribution in [2.24, 2.45) is 5.10 Å². The van der Waals surface area contributed by atoms with E-state index in [0.717, 1.165) is 21.2 Å². The molecule has 0 saturated heterocycles. The molecule has 130 valence electrons. The molecule has 0 bridgehead atoms. The van der Waals surface area contributed by atoms with E-state index in [4.69, 9.17) is 4.74 Å². The van der Waals surface area contributed by atoms with Gasteiger partial charge in [0.25, 0.3) is 0 Å². The third-order valence-corrected chi connectivity index (χ3v) is 3.96. The smallest absolute Gasteiger partial charge is 0.329 e. The molecule has 0 spiro atoms.